The molecule has 2 bridgehead atoms. The third kappa shape index (κ3) is 32.1. The van der Waals surface area contributed by atoms with Gasteiger partial charge in [-0.15, -0.1) is 0 Å². The summed E-state index contributed by atoms with van der Waals surface area (Å²) < 4.78 is 66.0. The molecule has 37 nitrogen and oxygen atoms in total. The van der Waals surface area contributed by atoms with E-state index in [0.717, 1.165) is 24.2 Å². The Bertz CT molecular complexity index is 3600. The van der Waals surface area contributed by atoms with Gasteiger partial charge >= 0.3 is 0 Å². The van der Waals surface area contributed by atoms with Crippen LogP contribution in [0.15, 0.2) is 29.3 Å². The fourth-order valence-electron chi connectivity index (χ4n) is 14.1. The number of nitrogens with two attached hydrogens (primary N) is 1. The molecule has 2 aromatic rings. The zero-order valence-corrected chi connectivity index (χ0v) is 70.8. The fourth-order valence-corrected chi connectivity index (χ4v) is 16.5. The number of methoxy groups -OCH3 is 1. The van der Waals surface area contributed by atoms with Gasteiger partial charge in [0.2, 0.25) is 75.9 Å². The predicted molar refractivity (Wildman–Crippen MR) is 433 cm³/mol. The summed E-state index contributed by atoms with van der Waals surface area (Å²) in [5, 5.41) is 53.5. The molecular formula is C79H126N12O25S2. The number of rotatable bonds is 48. The molecule has 4 aliphatic rings. The summed E-state index contributed by atoms with van der Waals surface area (Å²) in [7, 11) is 1.44. The third-order valence-corrected chi connectivity index (χ3v) is 23.6. The van der Waals surface area contributed by atoms with Crippen LogP contribution < -0.4 is 53.0 Å². The van der Waals surface area contributed by atoms with Gasteiger partial charge in [0.1, 0.15) is 41.7 Å². The average molecular weight is 1710 g/mol. The number of primary amides is 1. The number of likely N-dealkylation sites (tertiary alicyclic amines) is 1. The van der Waals surface area contributed by atoms with Gasteiger partial charge in [-0.2, -0.15) is 11.8 Å². The monoisotopic (exact) mass is 1710 g/mol. The highest BCUT2D eigenvalue weighted by atomic mass is 32.2. The third-order valence-electron chi connectivity index (χ3n) is 21.1. The van der Waals surface area contributed by atoms with E-state index in [1.54, 1.807) is 26.0 Å². The largest absolute Gasteiger partial charge is 0.610 e. The number of aromatic amines is 1. The molecule has 0 aliphatic carbocycles. The number of nitrogens with one attached hydrogen (secondary N) is 9. The molecule has 118 heavy (non-hydrogen) atoms. The molecule has 3 unspecified atom stereocenters. The van der Waals surface area contributed by atoms with Crippen molar-refractivity contribution in [2.75, 3.05) is 164 Å². The highest BCUT2D eigenvalue weighted by molar-refractivity contribution is 7.98. The molecule has 6 rings (SSSR count). The first-order chi connectivity index (χ1) is 56.7. The zero-order valence-electron chi connectivity index (χ0n) is 69.1. The van der Waals surface area contributed by atoms with Crippen LogP contribution in [0.4, 0.5) is 0 Å². The number of thioether (sulfide) groups is 1. The zero-order chi connectivity index (χ0) is 86.1. The maximum Gasteiger partial charge on any atom is 0.248 e. The average Bonchev–Trinajstić information content (AvgIpc) is 1.61. The quantitative estimate of drug-likeness (QED) is 0.0163. The van der Waals surface area contributed by atoms with Crippen molar-refractivity contribution in [3.8, 4) is 5.75 Å². The van der Waals surface area contributed by atoms with Crippen LogP contribution in [0.5, 0.6) is 5.75 Å². The molecule has 4 aliphatic heterocycles. The number of fused-ring (bicyclic) bond motifs is 5. The summed E-state index contributed by atoms with van der Waals surface area (Å²) in [6, 6.07) is -6.49. The Morgan fingerprint density at radius 2 is 1.36 bits per heavy atom. The lowest BCUT2D eigenvalue weighted by Gasteiger charge is -2.33. The molecule has 0 spiro atoms. The Labute approximate surface area is 696 Å². The van der Waals surface area contributed by atoms with Gasteiger partial charge in [-0.25, -0.2) is 0 Å². The number of hydrogen-bond donors (Lipinski definition) is 13. The van der Waals surface area contributed by atoms with Gasteiger partial charge in [-0.1, -0.05) is 59.6 Å². The lowest BCUT2D eigenvalue weighted by Crippen LogP contribution is -2.61. The molecule has 2 fully saturated rings. The Balaban J connectivity index is 0.962. The maximum atomic E-state index is 15.5. The lowest BCUT2D eigenvalue weighted by atomic mass is 9.70. The molecule has 0 saturated carbocycles. The van der Waals surface area contributed by atoms with E-state index < -0.39 is 182 Å². The number of imide groups is 1. The summed E-state index contributed by atoms with van der Waals surface area (Å²) in [6.45, 7) is 14.5. The topological polar surface area (TPSA) is 516 Å². The number of nitrogens with zero attached hydrogens (tertiary/aromatic N) is 2. The molecule has 14 N–H and O–H groups in total. The summed E-state index contributed by atoms with van der Waals surface area (Å²) in [5.41, 5.74) is 6.35. The van der Waals surface area contributed by atoms with Crippen molar-refractivity contribution >= 4 is 105 Å². The number of carbonyl (C=O) groups excluding carboxylic acids is 12. The number of carbonyl (C=O) groups is 12. The van der Waals surface area contributed by atoms with Gasteiger partial charge in [0.05, 0.1) is 156 Å². The second kappa shape index (κ2) is 53.2. The van der Waals surface area contributed by atoms with E-state index in [-0.39, 0.29) is 91.1 Å². The van der Waals surface area contributed by atoms with Crippen LogP contribution in [0.25, 0.3) is 10.9 Å². The van der Waals surface area contributed by atoms with Crippen LogP contribution in [-0.4, -0.2) is 318 Å². The first-order valence-electron chi connectivity index (χ1n) is 40.8. The van der Waals surface area contributed by atoms with Gasteiger partial charge in [0, 0.05) is 97.5 Å². The normalized spacial score (nSPS) is 23.0. The van der Waals surface area contributed by atoms with Crippen molar-refractivity contribution in [2.45, 2.75) is 184 Å². The van der Waals surface area contributed by atoms with E-state index in [0.29, 0.717) is 140 Å². The van der Waals surface area contributed by atoms with Crippen molar-refractivity contribution in [1.29, 1.82) is 0 Å². The maximum absolute atomic E-state index is 15.5. The molecular weight excluding hydrogens is 1580 g/mol. The molecule has 13 atom stereocenters. The Morgan fingerprint density at radius 3 is 1.96 bits per heavy atom. The van der Waals surface area contributed by atoms with Crippen molar-refractivity contribution in [2.24, 2.45) is 28.9 Å². The van der Waals surface area contributed by atoms with Crippen LogP contribution in [0.2, 0.25) is 0 Å². The molecule has 1 aromatic heterocycles. The lowest BCUT2D eigenvalue weighted by molar-refractivity contribution is -0.143. The number of hydrogen-bond acceptors (Lipinski definition) is 26. The molecule has 2 saturated heterocycles. The van der Waals surface area contributed by atoms with E-state index in [1.165, 1.54) is 30.7 Å². The second-order valence-corrected chi connectivity index (χ2v) is 32.4. The summed E-state index contributed by atoms with van der Waals surface area (Å²) in [4.78, 5) is 172. The van der Waals surface area contributed by atoms with Gasteiger partial charge in [-0.05, 0) is 68.2 Å². The van der Waals surface area contributed by atoms with Gasteiger partial charge in [0.15, 0.2) is 6.04 Å². The number of aromatic nitrogens is 1. The SMILES string of the molecule is C/C=C\CC(C)(CCC)C1CC(=O)N(CCOCCOCCOCCOCCOCCOCCOCCOCCC(=O)NCCCCSCc2c(OC)ccc3c4c([nH]c23)[S+]([O-])C[C@@H]2NC(=O)CNC(=O)[C@H]([C@@H](C)CC)NC(=O)CCNC(=O)[C@H](C4)NC(=O)[C@H]([C@@H](C)[C@@H](O)CO)NC(=O)[C@@H]3C[C@@H](O)CN3C(=O)[C@H](CCC(N)=O)NC2=O)C1=O. The number of unbranched alkanes of at least 4 members (excludes halogenated alkanes) is 1. The first kappa shape index (κ1) is 99.2. The standard InChI is InChI=1S/C79H126N12O25S2/c1-8-11-21-79(6,20-9-2)56-44-67(99)90(77(56)105)24-26-110-28-30-112-32-34-114-36-38-116-40-39-115-37-35-113-33-31-111-29-27-109-25-19-64(96)81-22-12-13-41-117-48-55-62(108-7)16-14-53-54-43-58-71(100)82-23-18-65(97)87-68(50(4)10-3)74(103)83-45-66(98)84-59(49-118(107)76(54)89-70(53)55)72(101)85-57(15-17-63(80)95)78(106)91-46-52(93)42-60(91)73(102)88-69(75(104)86-58)51(5)61(94)47-92/h8,11,14,16,50-52,56-61,68-69,89,92-94H,9-10,12-13,15,17-49H2,1-7H3,(H2,80,95)(H,81,96)(H,82,100)(H,83,103)(H,84,98)(H,85,101)(H,86,104)(H,87,97)(H,88,102)/b11-8-/t50-,51-,52+,56?,57-,58-,59-,60-,61-,68-,69-,79?,118?/m0/s1. The van der Waals surface area contributed by atoms with E-state index in [1.807, 2.05) is 13.0 Å². The van der Waals surface area contributed by atoms with Crippen molar-refractivity contribution in [1.82, 2.24) is 57.3 Å². The van der Waals surface area contributed by atoms with Crippen LogP contribution >= 0.6 is 11.8 Å². The van der Waals surface area contributed by atoms with Gasteiger partial charge in [0.25, 0.3) is 0 Å². The molecule has 1 aromatic carbocycles. The van der Waals surface area contributed by atoms with Crippen molar-refractivity contribution in [3.63, 3.8) is 0 Å². The summed E-state index contributed by atoms with van der Waals surface area (Å²) in [6.07, 6.45) is 3.37. The highest BCUT2D eigenvalue weighted by Crippen LogP contribution is 2.43. The number of allylic oxidation sites excluding steroid dienone is 2. The minimum Gasteiger partial charge on any atom is -0.610 e. The van der Waals surface area contributed by atoms with E-state index >= 15 is 4.55 Å². The fraction of sp³-hybridized carbons (Fsp3) is 0.722. The number of aliphatic hydroxyl groups is 3. The minimum absolute atomic E-state index is 0.104. The van der Waals surface area contributed by atoms with Crippen molar-refractivity contribution in [3.05, 3.63) is 35.4 Å². The van der Waals surface area contributed by atoms with E-state index in [2.05, 4.69) is 67.4 Å². The minimum atomic E-state index is -2.43. The smallest absolute Gasteiger partial charge is 0.248 e. The number of benzene rings is 1. The van der Waals surface area contributed by atoms with E-state index in [9.17, 15) is 72.9 Å². The number of aliphatic hydroxyl groups excluding tert-OH is 3. The van der Waals surface area contributed by atoms with Crippen molar-refractivity contribution < 1.29 is 120 Å². The molecule has 664 valence electrons. The Hall–Kier alpha value is -7.64. The van der Waals surface area contributed by atoms with Crippen LogP contribution in [0, 0.1) is 23.2 Å². The van der Waals surface area contributed by atoms with E-state index in [4.69, 9.17) is 48.4 Å². The highest BCUT2D eigenvalue weighted by Gasteiger charge is 2.49. The van der Waals surface area contributed by atoms with Gasteiger partial charge < -0.3 is 121 Å². The Kier molecular flexibility index (Phi) is 44.7. The molecule has 0 radical (unpaired) electrons. The Morgan fingerprint density at radius 1 is 0.737 bits per heavy atom. The number of amides is 12. The van der Waals surface area contributed by atoms with Crippen LogP contribution in [0.1, 0.15) is 130 Å². The first-order valence-corrected chi connectivity index (χ1v) is 43.3. The molecule has 12 amide bonds. The van der Waals surface area contributed by atoms with Gasteiger partial charge in [-0.3, -0.25) is 62.4 Å². The number of ether oxygens (including phenoxy) is 9. The second-order valence-electron chi connectivity index (χ2n) is 29.8. The van der Waals surface area contributed by atoms with Crippen LogP contribution in [0.3, 0.4) is 0 Å². The molecule has 5 heterocycles. The summed E-state index contributed by atoms with van der Waals surface area (Å²) >= 11 is -0.930. The summed E-state index contributed by atoms with van der Waals surface area (Å²) in [5.74, 6) is -10.6. The van der Waals surface area contributed by atoms with Crippen LogP contribution in [-0.2, 0) is 119 Å². The number of H-pyrrole nitrogens is 1. The predicted octanol–water partition coefficient (Wildman–Crippen LogP) is -1.04. The molecule has 39 heteroatoms.